The van der Waals surface area contributed by atoms with Crippen molar-refractivity contribution in [3.63, 3.8) is 0 Å². The van der Waals surface area contributed by atoms with Gasteiger partial charge in [0.25, 0.3) is 0 Å². The average Bonchev–Trinajstić information content (AvgIpc) is 2.70. The van der Waals surface area contributed by atoms with Crippen molar-refractivity contribution >= 4 is 11.0 Å². The van der Waals surface area contributed by atoms with E-state index in [2.05, 4.69) is 0 Å². The van der Waals surface area contributed by atoms with Gasteiger partial charge < -0.3 is 9.94 Å². The highest BCUT2D eigenvalue weighted by molar-refractivity contribution is 5.74. The number of hydrogen-bond acceptors (Lipinski definition) is 3. The molecule has 0 N–H and O–H groups in total. The Bertz CT molecular complexity index is 1110. The number of para-hydroxylation sites is 3. The van der Waals surface area contributed by atoms with E-state index >= 15 is 0 Å². The van der Waals surface area contributed by atoms with E-state index in [1.807, 2.05) is 60.7 Å². The number of rotatable bonds is 4. The molecule has 0 atom stereocenters. The van der Waals surface area contributed by atoms with Gasteiger partial charge in [-0.25, -0.2) is 0 Å². The van der Waals surface area contributed by atoms with Gasteiger partial charge in [0.15, 0.2) is 0 Å². The topological polar surface area (TPSA) is 58.2 Å². The minimum atomic E-state index is -0.485. The van der Waals surface area contributed by atoms with Gasteiger partial charge in [-0.15, -0.1) is 4.73 Å². The van der Waals surface area contributed by atoms with E-state index in [4.69, 9.17) is 4.74 Å². The largest absolute Gasteiger partial charge is 0.615 e. The zero-order chi connectivity index (χ0) is 17.9. The van der Waals surface area contributed by atoms with Crippen LogP contribution in [0.5, 0.6) is 5.88 Å². The molecule has 4 rings (SSSR count). The first-order chi connectivity index (χ1) is 12.8. The quantitative estimate of drug-likeness (QED) is 0.422. The van der Waals surface area contributed by atoms with Crippen LogP contribution in [0, 0.1) is 5.21 Å². The number of hydrogen-bond donors (Lipinski definition) is 0. The maximum absolute atomic E-state index is 13.0. The summed E-state index contributed by atoms with van der Waals surface area (Å²) in [4.78, 5) is 13.0. The summed E-state index contributed by atoms with van der Waals surface area (Å²) in [6, 6.07) is 25.6. The fourth-order valence-electron chi connectivity index (χ4n) is 2.91. The van der Waals surface area contributed by atoms with Gasteiger partial charge in [-0.05, 0) is 23.8 Å². The summed E-state index contributed by atoms with van der Waals surface area (Å²) >= 11 is 0. The monoisotopic (exact) mass is 344 g/mol. The van der Waals surface area contributed by atoms with Gasteiger partial charge in [0.05, 0.1) is 0 Å². The fourth-order valence-corrected chi connectivity index (χ4v) is 2.91. The van der Waals surface area contributed by atoms with Crippen LogP contribution in [-0.2, 0) is 6.61 Å². The first kappa shape index (κ1) is 15.9. The normalized spacial score (nSPS) is 10.8. The number of ether oxygens (including phenoxy) is 1. The summed E-state index contributed by atoms with van der Waals surface area (Å²) in [6.07, 6.45) is 0. The molecule has 0 aliphatic carbocycles. The number of fused-ring (bicyclic) bond motifs is 1. The summed E-state index contributed by atoms with van der Waals surface area (Å²) in [5, 5.41) is 12.7. The highest BCUT2D eigenvalue weighted by atomic mass is 16.6. The van der Waals surface area contributed by atoms with E-state index in [0.29, 0.717) is 21.5 Å². The Hall–Kier alpha value is -3.60. The van der Waals surface area contributed by atoms with Crippen LogP contribution >= 0.6 is 0 Å². The lowest BCUT2D eigenvalue weighted by atomic mass is 10.2. The molecule has 5 nitrogen and oxygen atoms in total. The molecule has 0 spiro atoms. The Morgan fingerprint density at radius 1 is 0.846 bits per heavy atom. The number of nitrogens with zero attached hydrogens (tertiary/aromatic N) is 2. The van der Waals surface area contributed by atoms with Gasteiger partial charge in [0.1, 0.15) is 12.1 Å². The van der Waals surface area contributed by atoms with Crippen LogP contribution in [0.4, 0.5) is 0 Å². The Kier molecular flexibility index (Phi) is 4.11. The lowest BCUT2D eigenvalue weighted by Gasteiger charge is -2.13. The second-order valence-corrected chi connectivity index (χ2v) is 5.84. The Morgan fingerprint density at radius 2 is 1.46 bits per heavy atom. The van der Waals surface area contributed by atoms with Crippen molar-refractivity contribution < 1.29 is 9.47 Å². The third-order valence-electron chi connectivity index (χ3n) is 4.14. The minimum Gasteiger partial charge on any atom is -0.615 e. The summed E-state index contributed by atoms with van der Waals surface area (Å²) in [7, 11) is 0. The highest BCUT2D eigenvalue weighted by Crippen LogP contribution is 2.16. The summed E-state index contributed by atoms with van der Waals surface area (Å²) < 4.78 is 7.71. The van der Waals surface area contributed by atoms with Crippen LogP contribution in [0.2, 0.25) is 0 Å². The van der Waals surface area contributed by atoms with E-state index in [-0.39, 0.29) is 12.5 Å². The van der Waals surface area contributed by atoms with Crippen LogP contribution in [0.25, 0.3) is 16.7 Å². The van der Waals surface area contributed by atoms with Crippen molar-refractivity contribution in [1.82, 2.24) is 4.57 Å². The molecular formula is C21H16N2O3. The second-order valence-electron chi connectivity index (χ2n) is 5.84. The van der Waals surface area contributed by atoms with Crippen LogP contribution < -0.4 is 15.0 Å². The van der Waals surface area contributed by atoms with Gasteiger partial charge in [0, 0.05) is 11.8 Å². The molecule has 0 aliphatic rings. The van der Waals surface area contributed by atoms with E-state index in [9.17, 15) is 10.0 Å². The second kappa shape index (κ2) is 6.72. The van der Waals surface area contributed by atoms with Gasteiger partial charge in [-0.1, -0.05) is 60.7 Å². The molecule has 0 saturated carbocycles. The van der Waals surface area contributed by atoms with Crippen LogP contribution in [0.3, 0.4) is 0 Å². The molecule has 0 amide bonds. The molecule has 4 aromatic rings. The summed E-state index contributed by atoms with van der Waals surface area (Å²) in [5.41, 5.74) is 1.98. The third kappa shape index (κ3) is 2.80. The average molecular weight is 344 g/mol. The highest BCUT2D eigenvalue weighted by Gasteiger charge is 2.23. The Morgan fingerprint density at radius 3 is 2.19 bits per heavy atom. The van der Waals surface area contributed by atoms with Crippen molar-refractivity contribution in [1.29, 1.82) is 0 Å². The molecule has 0 unspecified atom stereocenters. The summed E-state index contributed by atoms with van der Waals surface area (Å²) in [5.74, 6) is -0.239. The fraction of sp³-hybridized carbons (Fsp3) is 0.0476. The molecule has 26 heavy (non-hydrogen) atoms. The van der Waals surface area contributed by atoms with Crippen molar-refractivity contribution in [3.05, 3.63) is 106 Å². The van der Waals surface area contributed by atoms with Gasteiger partial charge in [0.2, 0.25) is 5.52 Å². The van der Waals surface area contributed by atoms with Crippen molar-refractivity contribution in [2.75, 3.05) is 0 Å². The van der Waals surface area contributed by atoms with E-state index in [1.165, 1.54) is 4.57 Å². The smallest absolute Gasteiger partial charge is 0.448 e. The van der Waals surface area contributed by atoms with E-state index in [0.717, 1.165) is 5.56 Å². The van der Waals surface area contributed by atoms with E-state index in [1.54, 1.807) is 24.3 Å². The predicted molar refractivity (Wildman–Crippen MR) is 99.3 cm³/mol. The predicted octanol–water partition coefficient (Wildman–Crippen LogP) is 3.20. The molecule has 128 valence electrons. The molecule has 0 fully saturated rings. The van der Waals surface area contributed by atoms with Gasteiger partial charge >= 0.3 is 11.4 Å². The SMILES string of the molecule is O=c1c(OCc2ccccc2)[n+]([O-])c2ccccc2n1-c1ccccc1. The van der Waals surface area contributed by atoms with Gasteiger partial charge in [-0.2, -0.15) is 0 Å². The summed E-state index contributed by atoms with van der Waals surface area (Å²) in [6.45, 7) is 0.144. The van der Waals surface area contributed by atoms with Gasteiger partial charge in [-0.3, -0.25) is 9.36 Å². The van der Waals surface area contributed by atoms with Crippen LogP contribution in [0.15, 0.2) is 89.7 Å². The molecule has 5 heteroatoms. The molecule has 3 aromatic carbocycles. The zero-order valence-corrected chi connectivity index (χ0v) is 13.9. The zero-order valence-electron chi connectivity index (χ0n) is 13.9. The Balaban J connectivity index is 1.89. The standard InChI is InChI=1S/C21H16N2O3/c24-20-21(26-15-16-9-3-1-4-10-16)23(25)19-14-8-7-13-18(19)22(20)17-11-5-2-6-12-17/h1-14H,15H2. The van der Waals surface area contributed by atoms with E-state index < -0.39 is 5.56 Å². The lowest BCUT2D eigenvalue weighted by Crippen LogP contribution is -2.39. The molecular weight excluding hydrogens is 328 g/mol. The minimum absolute atomic E-state index is 0.144. The molecule has 0 saturated heterocycles. The van der Waals surface area contributed by atoms with Crippen molar-refractivity contribution in [2.24, 2.45) is 0 Å². The van der Waals surface area contributed by atoms with Crippen LogP contribution in [0.1, 0.15) is 5.56 Å². The number of benzene rings is 3. The first-order valence-corrected chi connectivity index (χ1v) is 8.25. The number of aromatic nitrogens is 2. The molecule has 0 bridgehead atoms. The molecule has 1 heterocycles. The van der Waals surface area contributed by atoms with Crippen LogP contribution in [-0.4, -0.2) is 4.57 Å². The molecule has 0 aliphatic heterocycles. The maximum atomic E-state index is 13.0. The van der Waals surface area contributed by atoms with Crippen molar-refractivity contribution in [3.8, 4) is 11.6 Å². The van der Waals surface area contributed by atoms with Crippen molar-refractivity contribution in [2.45, 2.75) is 6.61 Å². The first-order valence-electron chi connectivity index (χ1n) is 8.25. The molecule has 0 radical (unpaired) electrons. The third-order valence-corrected chi connectivity index (χ3v) is 4.14. The maximum Gasteiger partial charge on any atom is 0.448 e. The Labute approximate surface area is 149 Å². The molecule has 1 aromatic heterocycles. The lowest BCUT2D eigenvalue weighted by molar-refractivity contribution is -0.587.